The summed E-state index contributed by atoms with van der Waals surface area (Å²) in [6.45, 7) is 4.37. The van der Waals surface area contributed by atoms with Crippen molar-refractivity contribution >= 4 is 17.2 Å². The molecule has 0 saturated heterocycles. The first-order valence-electron chi connectivity index (χ1n) is 6.83. The van der Waals surface area contributed by atoms with Gasteiger partial charge in [-0.3, -0.25) is 4.79 Å². The molecule has 0 spiro atoms. The molecular formula is C17H18FNO. The molecule has 3 heteroatoms. The molecule has 0 unspecified atom stereocenters. The molecular weight excluding hydrogens is 253 g/mol. The number of carbonyl (C=O) groups is 1. The molecule has 2 aromatic rings. The lowest BCUT2D eigenvalue weighted by Crippen LogP contribution is -2.20. The molecule has 2 nitrogen and oxygen atoms in total. The van der Waals surface area contributed by atoms with Gasteiger partial charge in [-0.1, -0.05) is 31.2 Å². The summed E-state index contributed by atoms with van der Waals surface area (Å²) >= 11 is 0. The van der Waals surface area contributed by atoms with Crippen LogP contribution in [0.4, 0.5) is 15.8 Å². The van der Waals surface area contributed by atoms with Gasteiger partial charge in [0.05, 0.1) is 11.4 Å². The molecule has 0 aromatic heterocycles. The number of Topliss-reactive ketones (excluding diaryl/α,β-unsaturated/α-hetero) is 1. The van der Waals surface area contributed by atoms with E-state index < -0.39 is 0 Å². The largest absolute Gasteiger partial charge is 0.339 e. The zero-order valence-corrected chi connectivity index (χ0v) is 11.8. The first kappa shape index (κ1) is 14.3. The SMILES string of the molecule is CCC(=O)c1ccccc1N(CC)c1ccccc1F. The number of carbonyl (C=O) groups excluding carboxylic acids is 1. The van der Waals surface area contributed by atoms with Crippen molar-refractivity contribution in [3.05, 3.63) is 59.9 Å². The second-order valence-corrected chi connectivity index (χ2v) is 4.49. The van der Waals surface area contributed by atoms with Crippen molar-refractivity contribution in [3.63, 3.8) is 0 Å². The van der Waals surface area contributed by atoms with Crippen molar-refractivity contribution in [1.82, 2.24) is 0 Å². The van der Waals surface area contributed by atoms with Gasteiger partial charge in [-0.15, -0.1) is 0 Å². The van der Waals surface area contributed by atoms with E-state index in [-0.39, 0.29) is 11.6 Å². The van der Waals surface area contributed by atoms with Crippen LogP contribution in [0.15, 0.2) is 48.5 Å². The normalized spacial score (nSPS) is 10.3. The van der Waals surface area contributed by atoms with Crippen LogP contribution in [0, 0.1) is 5.82 Å². The number of ketones is 1. The summed E-state index contributed by atoms with van der Waals surface area (Å²) in [4.78, 5) is 13.9. The molecule has 0 N–H and O–H groups in total. The van der Waals surface area contributed by atoms with Crippen molar-refractivity contribution in [2.24, 2.45) is 0 Å². The number of halogens is 1. The van der Waals surface area contributed by atoms with E-state index in [1.165, 1.54) is 6.07 Å². The summed E-state index contributed by atoms with van der Waals surface area (Å²) in [7, 11) is 0. The van der Waals surface area contributed by atoms with Gasteiger partial charge in [0, 0.05) is 18.5 Å². The van der Waals surface area contributed by atoms with Gasteiger partial charge >= 0.3 is 0 Å². The van der Waals surface area contributed by atoms with Gasteiger partial charge in [-0.2, -0.15) is 0 Å². The highest BCUT2D eigenvalue weighted by atomic mass is 19.1. The van der Waals surface area contributed by atoms with E-state index in [2.05, 4.69) is 0 Å². The second-order valence-electron chi connectivity index (χ2n) is 4.49. The van der Waals surface area contributed by atoms with Gasteiger partial charge in [0.1, 0.15) is 5.82 Å². The number of anilines is 2. The molecule has 2 rings (SSSR count). The number of hydrogen-bond donors (Lipinski definition) is 0. The van der Waals surface area contributed by atoms with Crippen LogP contribution < -0.4 is 4.90 Å². The predicted molar refractivity (Wildman–Crippen MR) is 80.1 cm³/mol. The van der Waals surface area contributed by atoms with E-state index in [0.29, 0.717) is 24.2 Å². The minimum Gasteiger partial charge on any atom is -0.339 e. The van der Waals surface area contributed by atoms with Crippen molar-refractivity contribution < 1.29 is 9.18 Å². The Bertz CT molecular complexity index is 609. The van der Waals surface area contributed by atoms with Crippen LogP contribution in [0.2, 0.25) is 0 Å². The Morgan fingerprint density at radius 1 is 1.00 bits per heavy atom. The maximum absolute atomic E-state index is 14.0. The Balaban J connectivity index is 2.53. The Kier molecular flexibility index (Phi) is 4.51. The van der Waals surface area contributed by atoms with Gasteiger partial charge in [-0.05, 0) is 31.2 Å². The Hall–Kier alpha value is -2.16. The standard InChI is InChI=1S/C17H18FNO/c1-3-17(20)13-9-5-7-11-15(13)19(4-2)16-12-8-6-10-14(16)18/h5-12H,3-4H2,1-2H3. The fourth-order valence-electron chi connectivity index (χ4n) is 2.28. The average molecular weight is 271 g/mol. The Labute approximate surface area is 118 Å². The Morgan fingerprint density at radius 3 is 2.20 bits per heavy atom. The zero-order valence-electron chi connectivity index (χ0n) is 11.8. The summed E-state index contributed by atoms with van der Waals surface area (Å²) in [5.74, 6) is -0.219. The van der Waals surface area contributed by atoms with Crippen LogP contribution >= 0.6 is 0 Å². The maximum Gasteiger partial charge on any atom is 0.164 e. The highest BCUT2D eigenvalue weighted by Gasteiger charge is 2.17. The van der Waals surface area contributed by atoms with Gasteiger partial charge in [0.25, 0.3) is 0 Å². The smallest absolute Gasteiger partial charge is 0.164 e. The number of benzene rings is 2. The van der Waals surface area contributed by atoms with E-state index in [0.717, 1.165) is 5.69 Å². The first-order valence-corrected chi connectivity index (χ1v) is 6.83. The molecule has 0 radical (unpaired) electrons. The predicted octanol–water partition coefficient (Wildman–Crippen LogP) is 4.58. The molecule has 104 valence electrons. The lowest BCUT2D eigenvalue weighted by molar-refractivity contribution is 0.0988. The highest BCUT2D eigenvalue weighted by molar-refractivity contribution is 6.02. The van der Waals surface area contributed by atoms with E-state index in [1.807, 2.05) is 36.9 Å². The molecule has 0 heterocycles. The van der Waals surface area contributed by atoms with Crippen LogP contribution in [-0.4, -0.2) is 12.3 Å². The molecule has 0 bridgehead atoms. The van der Waals surface area contributed by atoms with E-state index >= 15 is 0 Å². The van der Waals surface area contributed by atoms with Crippen LogP contribution in [0.1, 0.15) is 30.6 Å². The minimum atomic E-state index is -0.284. The molecule has 0 fully saturated rings. The van der Waals surface area contributed by atoms with Crippen molar-refractivity contribution in [2.75, 3.05) is 11.4 Å². The maximum atomic E-state index is 14.0. The van der Waals surface area contributed by atoms with Crippen LogP contribution in [0.25, 0.3) is 0 Å². The lowest BCUT2D eigenvalue weighted by atomic mass is 10.0. The topological polar surface area (TPSA) is 20.3 Å². The third kappa shape index (κ3) is 2.72. The third-order valence-electron chi connectivity index (χ3n) is 3.28. The molecule has 0 saturated carbocycles. The number of hydrogen-bond acceptors (Lipinski definition) is 2. The number of para-hydroxylation sites is 2. The van der Waals surface area contributed by atoms with Crippen LogP contribution in [0.3, 0.4) is 0 Å². The third-order valence-corrected chi connectivity index (χ3v) is 3.28. The highest BCUT2D eigenvalue weighted by Crippen LogP contribution is 2.30. The van der Waals surface area contributed by atoms with Gasteiger partial charge < -0.3 is 4.90 Å². The molecule has 0 aliphatic rings. The van der Waals surface area contributed by atoms with Crippen LogP contribution in [0.5, 0.6) is 0 Å². The fourth-order valence-corrected chi connectivity index (χ4v) is 2.28. The van der Waals surface area contributed by atoms with E-state index in [1.54, 1.807) is 24.3 Å². The summed E-state index contributed by atoms with van der Waals surface area (Å²) in [5.41, 5.74) is 1.89. The summed E-state index contributed by atoms with van der Waals surface area (Å²) in [5, 5.41) is 0. The summed E-state index contributed by atoms with van der Waals surface area (Å²) in [6.07, 6.45) is 0.436. The van der Waals surface area contributed by atoms with Gasteiger partial charge in [-0.25, -0.2) is 4.39 Å². The summed E-state index contributed by atoms with van der Waals surface area (Å²) < 4.78 is 14.0. The van der Waals surface area contributed by atoms with Crippen molar-refractivity contribution in [1.29, 1.82) is 0 Å². The zero-order chi connectivity index (χ0) is 14.5. The molecule has 2 aromatic carbocycles. The van der Waals surface area contributed by atoms with Crippen molar-refractivity contribution in [2.45, 2.75) is 20.3 Å². The van der Waals surface area contributed by atoms with E-state index in [9.17, 15) is 9.18 Å². The van der Waals surface area contributed by atoms with Gasteiger partial charge in [0.2, 0.25) is 0 Å². The molecule has 0 amide bonds. The quantitative estimate of drug-likeness (QED) is 0.742. The van der Waals surface area contributed by atoms with Gasteiger partial charge in [0.15, 0.2) is 5.78 Å². The molecule has 0 aliphatic heterocycles. The summed E-state index contributed by atoms with van der Waals surface area (Å²) in [6, 6.07) is 14.0. The minimum absolute atomic E-state index is 0.0652. The fraction of sp³-hybridized carbons (Fsp3) is 0.235. The van der Waals surface area contributed by atoms with Crippen LogP contribution in [-0.2, 0) is 0 Å². The first-order chi connectivity index (χ1) is 9.69. The monoisotopic (exact) mass is 271 g/mol. The second kappa shape index (κ2) is 6.33. The lowest BCUT2D eigenvalue weighted by Gasteiger charge is -2.25. The average Bonchev–Trinajstić information content (AvgIpc) is 2.49. The molecule has 0 aliphatic carbocycles. The number of rotatable bonds is 5. The Morgan fingerprint density at radius 2 is 1.60 bits per heavy atom. The van der Waals surface area contributed by atoms with E-state index in [4.69, 9.17) is 0 Å². The molecule has 0 atom stereocenters. The van der Waals surface area contributed by atoms with Crippen molar-refractivity contribution in [3.8, 4) is 0 Å². The number of nitrogens with zero attached hydrogens (tertiary/aromatic N) is 1. The molecule has 20 heavy (non-hydrogen) atoms.